The molecule has 166 valence electrons. The summed E-state index contributed by atoms with van der Waals surface area (Å²) in [6, 6.07) is 9.63. The number of nitrogens with zero attached hydrogens (tertiary/aromatic N) is 2. The van der Waals surface area contributed by atoms with E-state index in [1.807, 2.05) is 0 Å². The number of aromatic nitrogens is 1. The van der Waals surface area contributed by atoms with Gasteiger partial charge in [-0.25, -0.2) is 13.4 Å². The van der Waals surface area contributed by atoms with Gasteiger partial charge in [0.15, 0.2) is 5.13 Å². The number of nitro groups is 1. The molecule has 1 amide bonds. The van der Waals surface area contributed by atoms with E-state index in [2.05, 4.69) is 15.0 Å². The molecule has 0 saturated carbocycles. The van der Waals surface area contributed by atoms with E-state index in [9.17, 15) is 23.3 Å². The van der Waals surface area contributed by atoms with Gasteiger partial charge in [0, 0.05) is 27.8 Å². The molecule has 0 fully saturated rings. The van der Waals surface area contributed by atoms with Gasteiger partial charge in [-0.15, -0.1) is 11.3 Å². The van der Waals surface area contributed by atoms with E-state index in [0.717, 1.165) is 37.4 Å². The topological polar surface area (TPSA) is 131 Å². The van der Waals surface area contributed by atoms with E-state index >= 15 is 0 Å². The summed E-state index contributed by atoms with van der Waals surface area (Å²) in [7, 11) is -4.03. The highest BCUT2D eigenvalue weighted by Gasteiger charge is 2.20. The first-order valence-corrected chi connectivity index (χ1v) is 12.2. The first kappa shape index (κ1) is 21.9. The van der Waals surface area contributed by atoms with Gasteiger partial charge in [0.05, 0.1) is 15.5 Å². The molecule has 1 aliphatic carbocycles. The smallest absolute Gasteiger partial charge is 0.273 e. The molecule has 1 aromatic heterocycles. The molecule has 0 unspecified atom stereocenters. The van der Waals surface area contributed by atoms with Crippen molar-refractivity contribution < 1.29 is 18.1 Å². The second-order valence-corrected chi connectivity index (χ2v) is 10.2. The SMILES string of the molecule is Cc1ccc(S(=O)(=O)Nc2ccc(C(=O)Nc3nc4c(s3)CCCC4)cc2)cc1[N+](=O)[O-]. The number of hydrogen-bond donors (Lipinski definition) is 2. The average Bonchev–Trinajstić information content (AvgIpc) is 3.16. The van der Waals surface area contributed by atoms with Gasteiger partial charge in [0.25, 0.3) is 21.6 Å². The van der Waals surface area contributed by atoms with Crippen molar-refractivity contribution in [3.05, 3.63) is 74.3 Å². The van der Waals surface area contributed by atoms with Gasteiger partial charge < -0.3 is 0 Å². The number of nitro benzene ring substituents is 1. The molecule has 0 radical (unpaired) electrons. The molecule has 0 aliphatic heterocycles. The molecule has 1 aliphatic rings. The first-order valence-electron chi connectivity index (χ1n) is 9.91. The van der Waals surface area contributed by atoms with Crippen LogP contribution in [0.5, 0.6) is 0 Å². The minimum atomic E-state index is -4.03. The van der Waals surface area contributed by atoms with Crippen LogP contribution in [-0.2, 0) is 22.9 Å². The summed E-state index contributed by atoms with van der Waals surface area (Å²) in [6.45, 7) is 1.53. The second kappa shape index (κ2) is 8.67. The number of rotatable bonds is 6. The van der Waals surface area contributed by atoms with Gasteiger partial charge in [-0.2, -0.15) is 0 Å². The maximum atomic E-state index is 12.6. The fraction of sp³-hybridized carbons (Fsp3) is 0.238. The Kier molecular flexibility index (Phi) is 5.94. The third kappa shape index (κ3) is 4.63. The average molecular weight is 473 g/mol. The Balaban J connectivity index is 1.46. The van der Waals surface area contributed by atoms with Crippen LogP contribution in [0.3, 0.4) is 0 Å². The third-order valence-electron chi connectivity index (χ3n) is 5.15. The van der Waals surface area contributed by atoms with E-state index in [-0.39, 0.29) is 22.2 Å². The Morgan fingerprint density at radius 2 is 1.84 bits per heavy atom. The van der Waals surface area contributed by atoms with Gasteiger partial charge in [-0.05, 0) is 62.9 Å². The molecule has 3 aromatic rings. The first-order chi connectivity index (χ1) is 15.2. The van der Waals surface area contributed by atoms with Crippen LogP contribution in [0.25, 0.3) is 0 Å². The predicted molar refractivity (Wildman–Crippen MR) is 122 cm³/mol. The van der Waals surface area contributed by atoms with Crippen LogP contribution in [0.1, 0.15) is 39.3 Å². The predicted octanol–water partition coefficient (Wildman–Crippen LogP) is 4.29. The van der Waals surface area contributed by atoms with E-state index in [1.54, 1.807) is 0 Å². The number of carbonyl (C=O) groups excluding carboxylic acids is 1. The molecule has 0 bridgehead atoms. The zero-order valence-electron chi connectivity index (χ0n) is 17.1. The summed E-state index contributed by atoms with van der Waals surface area (Å²) in [5, 5.41) is 14.5. The van der Waals surface area contributed by atoms with E-state index in [0.29, 0.717) is 16.3 Å². The number of amides is 1. The van der Waals surface area contributed by atoms with Crippen LogP contribution in [0.4, 0.5) is 16.5 Å². The standard InChI is InChI=1S/C21H20N4O5S2/c1-13-6-11-16(12-18(13)25(27)28)32(29,30)24-15-9-7-14(8-10-15)20(26)23-21-22-17-4-2-3-5-19(17)31-21/h6-12,24H,2-5H2,1H3,(H,22,23,26). The van der Waals surface area contributed by atoms with Crippen molar-refractivity contribution in [2.45, 2.75) is 37.5 Å². The third-order valence-corrected chi connectivity index (χ3v) is 7.60. The van der Waals surface area contributed by atoms with Gasteiger partial charge in [-0.1, -0.05) is 6.07 Å². The Morgan fingerprint density at radius 1 is 1.12 bits per heavy atom. The fourth-order valence-electron chi connectivity index (χ4n) is 3.43. The van der Waals surface area contributed by atoms with Crippen LogP contribution < -0.4 is 10.0 Å². The van der Waals surface area contributed by atoms with Crippen LogP contribution >= 0.6 is 11.3 Å². The quantitative estimate of drug-likeness (QED) is 0.406. The number of aryl methyl sites for hydroxylation is 3. The van der Waals surface area contributed by atoms with Crippen molar-refractivity contribution in [3.8, 4) is 0 Å². The molecule has 2 aromatic carbocycles. The highest BCUT2D eigenvalue weighted by atomic mass is 32.2. The van der Waals surface area contributed by atoms with E-state index in [4.69, 9.17) is 0 Å². The molecule has 11 heteroatoms. The van der Waals surface area contributed by atoms with Crippen LogP contribution in [-0.4, -0.2) is 24.2 Å². The molecular weight excluding hydrogens is 452 g/mol. The van der Waals surface area contributed by atoms with Crippen LogP contribution in [0, 0.1) is 17.0 Å². The number of hydrogen-bond acceptors (Lipinski definition) is 7. The fourth-order valence-corrected chi connectivity index (χ4v) is 5.55. The molecule has 0 saturated heterocycles. The van der Waals surface area contributed by atoms with Gasteiger partial charge in [0.2, 0.25) is 0 Å². The molecule has 0 spiro atoms. The molecule has 32 heavy (non-hydrogen) atoms. The summed E-state index contributed by atoms with van der Waals surface area (Å²) in [5.41, 5.74) is 1.73. The van der Waals surface area contributed by atoms with Crippen molar-refractivity contribution in [1.29, 1.82) is 0 Å². The number of benzene rings is 2. The Hall–Kier alpha value is -3.31. The lowest BCUT2D eigenvalue weighted by molar-refractivity contribution is -0.385. The number of thiazole rings is 1. The highest BCUT2D eigenvalue weighted by molar-refractivity contribution is 7.92. The van der Waals surface area contributed by atoms with Gasteiger partial charge >= 0.3 is 0 Å². The van der Waals surface area contributed by atoms with Gasteiger partial charge in [0.1, 0.15) is 0 Å². The van der Waals surface area contributed by atoms with Crippen molar-refractivity contribution >= 4 is 43.8 Å². The van der Waals surface area contributed by atoms with E-state index < -0.39 is 14.9 Å². The summed E-state index contributed by atoms with van der Waals surface area (Å²) in [4.78, 5) is 28.5. The molecule has 9 nitrogen and oxygen atoms in total. The maximum absolute atomic E-state index is 12.6. The monoisotopic (exact) mass is 472 g/mol. The van der Waals surface area contributed by atoms with Crippen molar-refractivity contribution in [2.24, 2.45) is 0 Å². The number of fused-ring (bicyclic) bond motifs is 1. The largest absolute Gasteiger partial charge is 0.298 e. The van der Waals surface area contributed by atoms with Crippen molar-refractivity contribution in [1.82, 2.24) is 4.98 Å². The minimum Gasteiger partial charge on any atom is -0.298 e. The Morgan fingerprint density at radius 3 is 2.53 bits per heavy atom. The molecule has 0 atom stereocenters. The lowest BCUT2D eigenvalue weighted by Gasteiger charge is -2.09. The highest BCUT2D eigenvalue weighted by Crippen LogP contribution is 2.30. The lowest BCUT2D eigenvalue weighted by atomic mass is 10.0. The summed E-state index contributed by atoms with van der Waals surface area (Å²) in [6.07, 6.45) is 4.16. The summed E-state index contributed by atoms with van der Waals surface area (Å²) in [5.74, 6) is -0.334. The number of nitrogens with one attached hydrogen (secondary N) is 2. The minimum absolute atomic E-state index is 0.218. The second-order valence-electron chi connectivity index (χ2n) is 7.44. The Bertz CT molecular complexity index is 1280. The van der Waals surface area contributed by atoms with Crippen LogP contribution in [0.15, 0.2) is 47.4 Å². The lowest BCUT2D eigenvalue weighted by Crippen LogP contribution is -2.14. The summed E-state index contributed by atoms with van der Waals surface area (Å²) >= 11 is 1.49. The van der Waals surface area contributed by atoms with Crippen LogP contribution in [0.2, 0.25) is 0 Å². The van der Waals surface area contributed by atoms with E-state index in [1.165, 1.54) is 59.5 Å². The normalized spacial score (nSPS) is 13.3. The van der Waals surface area contributed by atoms with Crippen molar-refractivity contribution in [3.63, 3.8) is 0 Å². The number of anilines is 2. The number of carbonyl (C=O) groups is 1. The number of sulfonamides is 1. The molecular formula is C21H20N4O5S2. The zero-order chi connectivity index (χ0) is 22.9. The molecule has 1 heterocycles. The summed E-state index contributed by atoms with van der Waals surface area (Å²) < 4.78 is 27.6. The molecule has 4 rings (SSSR count). The zero-order valence-corrected chi connectivity index (χ0v) is 18.8. The maximum Gasteiger partial charge on any atom is 0.273 e. The van der Waals surface area contributed by atoms with Crippen molar-refractivity contribution in [2.75, 3.05) is 10.0 Å². The van der Waals surface area contributed by atoms with Gasteiger partial charge in [-0.3, -0.25) is 24.9 Å². The Labute approximate surface area is 188 Å². The molecule has 2 N–H and O–H groups in total.